The summed E-state index contributed by atoms with van der Waals surface area (Å²) in [5.74, 6) is -0.280. The molecule has 5 heteroatoms. The minimum absolute atomic E-state index is 0.280. The first-order valence-corrected chi connectivity index (χ1v) is 11.0. The van der Waals surface area contributed by atoms with Crippen LogP contribution in [0.4, 0.5) is 0 Å². The molecule has 3 aromatic rings. The number of hydrogen-bond acceptors (Lipinski definition) is 4. The van der Waals surface area contributed by atoms with E-state index < -0.39 is 11.7 Å². The molecule has 172 valence electrons. The Morgan fingerprint density at radius 1 is 0.909 bits per heavy atom. The summed E-state index contributed by atoms with van der Waals surface area (Å²) in [6.45, 7) is 0.333. The van der Waals surface area contributed by atoms with E-state index in [1.807, 2.05) is 54.6 Å². The number of aliphatic hydroxyl groups is 1. The Kier molecular flexibility index (Phi) is 8.95. The van der Waals surface area contributed by atoms with Crippen molar-refractivity contribution in [2.45, 2.75) is 24.5 Å². The van der Waals surface area contributed by atoms with Gasteiger partial charge in [-0.2, -0.15) is 0 Å². The highest BCUT2D eigenvalue weighted by Gasteiger charge is 2.37. The summed E-state index contributed by atoms with van der Waals surface area (Å²) in [6.07, 6.45) is 3.19. The zero-order valence-corrected chi connectivity index (χ0v) is 19.1. The highest BCUT2D eigenvalue weighted by Crippen LogP contribution is 2.40. The number of hydrogen-bond donors (Lipinski definition) is 1. The smallest absolute Gasteiger partial charge is 0.269 e. The van der Waals surface area contributed by atoms with Crippen molar-refractivity contribution < 1.29 is 19.5 Å². The van der Waals surface area contributed by atoms with Gasteiger partial charge in [-0.15, -0.1) is 0 Å². The Bertz CT molecular complexity index is 909. The van der Waals surface area contributed by atoms with Gasteiger partial charge < -0.3 is 9.84 Å². The topological polar surface area (TPSA) is 59.0 Å². The van der Waals surface area contributed by atoms with Crippen LogP contribution in [0.5, 0.6) is 0 Å². The Morgan fingerprint density at radius 3 is 1.79 bits per heavy atom. The summed E-state index contributed by atoms with van der Waals surface area (Å²) in [7, 11) is 2.96. The largest absolute Gasteiger partial charge is 0.393 e. The fraction of sp³-hybridized carbons (Fsp3) is 0.250. The first kappa shape index (κ1) is 24.4. The van der Waals surface area contributed by atoms with Crippen molar-refractivity contribution in [3.63, 3.8) is 0 Å². The van der Waals surface area contributed by atoms with E-state index in [1.54, 1.807) is 6.08 Å². The number of amides is 1. The van der Waals surface area contributed by atoms with Crippen LogP contribution >= 0.6 is 0 Å². The van der Waals surface area contributed by atoms with Gasteiger partial charge >= 0.3 is 0 Å². The number of ether oxygens (including phenoxy) is 1. The molecule has 0 radical (unpaired) electrons. The van der Waals surface area contributed by atoms with Crippen LogP contribution in [0.2, 0.25) is 0 Å². The van der Waals surface area contributed by atoms with E-state index in [1.165, 1.54) is 20.2 Å². The van der Waals surface area contributed by atoms with Gasteiger partial charge in [0.05, 0.1) is 19.8 Å². The molecule has 1 atom stereocenters. The average molecular weight is 446 g/mol. The molecule has 0 aliphatic heterocycles. The number of likely N-dealkylation sites (N-methyl/N-ethyl adjacent to an activating group) is 1. The summed E-state index contributed by atoms with van der Waals surface area (Å²) in [5.41, 5.74) is 2.25. The molecular formula is C28H31NO4. The lowest BCUT2D eigenvalue weighted by Crippen LogP contribution is -2.34. The van der Waals surface area contributed by atoms with Gasteiger partial charge in [-0.1, -0.05) is 97.1 Å². The number of benzene rings is 3. The standard InChI is InChI=1S/C28H31NO4/c1-29(32-2)27(31)20-12-19-26(30)21-22-33-28(23-13-6-3-7-14-23,24-15-8-4-9-16-24)25-17-10-5-11-18-25/h3-18,20,26,30H,19,21-22H2,1-2H3/b20-12+/t26-/m1/s1. The molecule has 0 unspecified atom stereocenters. The summed E-state index contributed by atoms with van der Waals surface area (Å²) >= 11 is 0. The molecule has 0 saturated heterocycles. The maximum Gasteiger partial charge on any atom is 0.269 e. The molecule has 0 spiro atoms. The van der Waals surface area contributed by atoms with Crippen LogP contribution in [0.15, 0.2) is 103 Å². The molecule has 3 rings (SSSR count). The molecule has 1 amide bonds. The third-order valence-electron chi connectivity index (χ3n) is 5.56. The van der Waals surface area contributed by atoms with Crippen molar-refractivity contribution in [3.8, 4) is 0 Å². The lowest BCUT2D eigenvalue weighted by atomic mass is 9.80. The highest BCUT2D eigenvalue weighted by molar-refractivity contribution is 5.86. The van der Waals surface area contributed by atoms with E-state index in [0.717, 1.165) is 21.8 Å². The van der Waals surface area contributed by atoms with Crippen molar-refractivity contribution in [1.82, 2.24) is 5.06 Å². The molecule has 0 aliphatic carbocycles. The second-order valence-corrected chi connectivity index (χ2v) is 7.73. The molecule has 0 bridgehead atoms. The monoisotopic (exact) mass is 445 g/mol. The first-order valence-electron chi connectivity index (χ1n) is 11.0. The van der Waals surface area contributed by atoms with Crippen LogP contribution in [0.3, 0.4) is 0 Å². The van der Waals surface area contributed by atoms with E-state index >= 15 is 0 Å². The number of hydroxylamine groups is 2. The molecule has 0 heterocycles. The van der Waals surface area contributed by atoms with Crippen LogP contribution < -0.4 is 0 Å². The lowest BCUT2D eigenvalue weighted by Gasteiger charge is -2.36. The summed E-state index contributed by atoms with van der Waals surface area (Å²) in [4.78, 5) is 16.6. The quantitative estimate of drug-likeness (QED) is 0.264. The van der Waals surface area contributed by atoms with Crippen molar-refractivity contribution in [2.75, 3.05) is 20.8 Å². The summed E-state index contributed by atoms with van der Waals surface area (Å²) in [6, 6.07) is 30.4. The molecule has 5 nitrogen and oxygen atoms in total. The van der Waals surface area contributed by atoms with Crippen molar-refractivity contribution >= 4 is 5.91 Å². The van der Waals surface area contributed by atoms with E-state index in [0.29, 0.717) is 19.4 Å². The van der Waals surface area contributed by atoms with Crippen molar-refractivity contribution in [3.05, 3.63) is 120 Å². The maximum absolute atomic E-state index is 11.8. The van der Waals surface area contributed by atoms with Gasteiger partial charge in [0.1, 0.15) is 5.60 Å². The average Bonchev–Trinajstić information content (AvgIpc) is 2.87. The highest BCUT2D eigenvalue weighted by atomic mass is 16.7. The van der Waals surface area contributed by atoms with Gasteiger partial charge in [0.2, 0.25) is 0 Å². The van der Waals surface area contributed by atoms with Gasteiger partial charge in [-0.05, 0) is 29.5 Å². The molecule has 33 heavy (non-hydrogen) atoms. The van der Waals surface area contributed by atoms with Crippen LogP contribution in [-0.4, -0.2) is 42.9 Å². The predicted molar refractivity (Wildman–Crippen MR) is 129 cm³/mol. The third kappa shape index (κ3) is 6.17. The SMILES string of the molecule is CON(C)C(=O)/C=C/C[C@@H](O)CCOC(c1ccccc1)(c1ccccc1)c1ccccc1. The van der Waals surface area contributed by atoms with E-state index in [9.17, 15) is 9.90 Å². The number of aliphatic hydroxyl groups excluding tert-OH is 1. The van der Waals surface area contributed by atoms with Crippen LogP contribution in [0, 0.1) is 0 Å². The third-order valence-corrected chi connectivity index (χ3v) is 5.56. The molecule has 0 aromatic heterocycles. The summed E-state index contributed by atoms with van der Waals surface area (Å²) in [5, 5.41) is 11.6. The van der Waals surface area contributed by atoms with Gasteiger partial charge in [0, 0.05) is 13.1 Å². The second-order valence-electron chi connectivity index (χ2n) is 7.73. The minimum atomic E-state index is -0.809. The zero-order valence-electron chi connectivity index (χ0n) is 19.1. The van der Waals surface area contributed by atoms with Gasteiger partial charge in [0.15, 0.2) is 0 Å². The molecule has 0 aliphatic rings. The fourth-order valence-electron chi connectivity index (χ4n) is 3.76. The first-order chi connectivity index (χ1) is 16.1. The van der Waals surface area contributed by atoms with Crippen LogP contribution in [0.25, 0.3) is 0 Å². The van der Waals surface area contributed by atoms with Crippen molar-refractivity contribution in [2.24, 2.45) is 0 Å². The zero-order chi connectivity index (χ0) is 23.5. The van der Waals surface area contributed by atoms with Crippen LogP contribution in [0.1, 0.15) is 29.5 Å². The second kappa shape index (κ2) is 12.1. The number of rotatable bonds is 11. The van der Waals surface area contributed by atoms with Gasteiger partial charge in [-0.25, -0.2) is 5.06 Å². The number of carbonyl (C=O) groups is 1. The van der Waals surface area contributed by atoms with E-state index in [2.05, 4.69) is 36.4 Å². The minimum Gasteiger partial charge on any atom is -0.393 e. The molecule has 0 saturated carbocycles. The lowest BCUT2D eigenvalue weighted by molar-refractivity contribution is -0.162. The Labute approximate surface area is 195 Å². The van der Waals surface area contributed by atoms with E-state index in [4.69, 9.17) is 9.57 Å². The molecule has 0 fully saturated rings. The molecular weight excluding hydrogens is 414 g/mol. The predicted octanol–water partition coefficient (Wildman–Crippen LogP) is 4.71. The summed E-state index contributed by atoms with van der Waals surface area (Å²) < 4.78 is 6.66. The Hall–Kier alpha value is -3.25. The Morgan fingerprint density at radius 2 is 1.36 bits per heavy atom. The van der Waals surface area contributed by atoms with Gasteiger partial charge in [-0.3, -0.25) is 9.63 Å². The van der Waals surface area contributed by atoms with E-state index in [-0.39, 0.29) is 5.91 Å². The molecule has 3 aromatic carbocycles. The Balaban J connectivity index is 1.81. The number of nitrogens with zero attached hydrogens (tertiary/aromatic N) is 1. The number of carbonyl (C=O) groups excluding carboxylic acids is 1. The van der Waals surface area contributed by atoms with Crippen molar-refractivity contribution in [1.29, 1.82) is 0 Å². The maximum atomic E-state index is 11.8. The molecule has 1 N–H and O–H groups in total. The van der Waals surface area contributed by atoms with Crippen LogP contribution in [-0.2, 0) is 20.0 Å². The fourth-order valence-corrected chi connectivity index (χ4v) is 3.76. The van der Waals surface area contributed by atoms with Gasteiger partial charge in [0.25, 0.3) is 5.91 Å². The normalized spacial score (nSPS) is 12.6.